The molecule has 2 aliphatic rings. The van der Waals surface area contributed by atoms with E-state index in [2.05, 4.69) is 70.7 Å². The van der Waals surface area contributed by atoms with Crippen molar-refractivity contribution >= 4 is 34.9 Å². The van der Waals surface area contributed by atoms with Crippen LogP contribution in [0.2, 0.25) is 0 Å². The molecule has 6 rings (SSSR count). The second kappa shape index (κ2) is 12.7. The van der Waals surface area contributed by atoms with E-state index in [0.29, 0.717) is 25.4 Å². The van der Waals surface area contributed by atoms with Gasteiger partial charge >= 0.3 is 0 Å². The first kappa shape index (κ1) is 27.9. The maximum atomic E-state index is 12.4. The number of rotatable bonds is 9. The van der Waals surface area contributed by atoms with Gasteiger partial charge in [0.05, 0.1) is 18.3 Å². The van der Waals surface area contributed by atoms with E-state index in [1.807, 2.05) is 18.3 Å². The van der Waals surface area contributed by atoms with Gasteiger partial charge in [-0.2, -0.15) is 0 Å². The fraction of sp³-hybridized carbons (Fsp3) is 0.312. The standard InChI is InChI=1S/C32H34N4O3S2/c1-21-10-12-24(34-19-21)25(7-5-16-38-2)35-22-11-13-28-30(18-22)40-29-9-3-6-23(31(29)41-28)27-20-36(15-17-39-27)26-8-4-14-33-32(26)37/h3-4,6,8-14,18-19,25,27,35H,5,7,15-17,20H2,1-2H3,(H,33,37). The Hall–Kier alpha value is -3.24. The van der Waals surface area contributed by atoms with E-state index in [1.54, 1.807) is 36.8 Å². The average Bonchev–Trinajstić information content (AvgIpc) is 3.00. The third kappa shape index (κ3) is 6.33. The van der Waals surface area contributed by atoms with Crippen LogP contribution in [0.5, 0.6) is 0 Å². The lowest BCUT2D eigenvalue weighted by atomic mass is 10.1. The number of fused-ring (bicyclic) bond motifs is 2. The predicted molar refractivity (Wildman–Crippen MR) is 166 cm³/mol. The van der Waals surface area contributed by atoms with E-state index in [9.17, 15) is 4.79 Å². The SMILES string of the molecule is COCCCC(Nc1ccc2c(c1)Sc1cccc(C3CN(c4ccc[nH]c4=O)CCO3)c1S2)c1ccc(C)cn1. The van der Waals surface area contributed by atoms with Gasteiger partial charge in [0.1, 0.15) is 11.8 Å². The minimum absolute atomic E-state index is 0.0643. The van der Waals surface area contributed by atoms with Gasteiger partial charge in [0.25, 0.3) is 5.56 Å². The summed E-state index contributed by atoms with van der Waals surface area (Å²) in [6.45, 7) is 4.70. The molecule has 0 amide bonds. The van der Waals surface area contributed by atoms with Crippen molar-refractivity contribution in [2.75, 3.05) is 43.6 Å². The molecule has 2 unspecified atom stereocenters. The van der Waals surface area contributed by atoms with Gasteiger partial charge in [0, 0.05) is 64.5 Å². The number of ether oxygens (including phenoxy) is 2. The van der Waals surface area contributed by atoms with Gasteiger partial charge in [0.2, 0.25) is 0 Å². The maximum absolute atomic E-state index is 12.4. The largest absolute Gasteiger partial charge is 0.385 e. The Labute approximate surface area is 249 Å². The zero-order valence-electron chi connectivity index (χ0n) is 23.3. The molecule has 1 saturated heterocycles. The topological polar surface area (TPSA) is 79.5 Å². The van der Waals surface area contributed by atoms with Crippen molar-refractivity contribution < 1.29 is 9.47 Å². The Bertz CT molecular complexity index is 1560. The lowest BCUT2D eigenvalue weighted by molar-refractivity contribution is 0.0378. The smallest absolute Gasteiger partial charge is 0.271 e. The Morgan fingerprint density at radius 3 is 2.88 bits per heavy atom. The number of benzene rings is 2. The van der Waals surface area contributed by atoms with Gasteiger partial charge in [-0.3, -0.25) is 9.78 Å². The third-order valence-electron chi connectivity index (χ3n) is 7.41. The first-order valence-corrected chi connectivity index (χ1v) is 15.6. The number of aromatic nitrogens is 2. The third-order valence-corrected chi connectivity index (χ3v) is 10.0. The Balaban J connectivity index is 1.21. The monoisotopic (exact) mass is 586 g/mol. The molecule has 0 aliphatic carbocycles. The fourth-order valence-corrected chi connectivity index (χ4v) is 7.75. The second-order valence-corrected chi connectivity index (χ2v) is 12.5. The molecule has 0 saturated carbocycles. The number of anilines is 2. The Morgan fingerprint density at radius 1 is 1.12 bits per heavy atom. The van der Waals surface area contributed by atoms with E-state index in [-0.39, 0.29) is 17.7 Å². The highest BCUT2D eigenvalue weighted by Gasteiger charge is 2.29. The van der Waals surface area contributed by atoms with Crippen molar-refractivity contribution in [1.82, 2.24) is 9.97 Å². The van der Waals surface area contributed by atoms with Crippen LogP contribution in [0.15, 0.2) is 97.4 Å². The van der Waals surface area contributed by atoms with E-state index >= 15 is 0 Å². The number of pyridine rings is 2. The highest BCUT2D eigenvalue weighted by Crippen LogP contribution is 2.52. The van der Waals surface area contributed by atoms with Gasteiger partial charge in [-0.15, -0.1) is 0 Å². The van der Waals surface area contributed by atoms with Crippen molar-refractivity contribution in [3.63, 3.8) is 0 Å². The summed E-state index contributed by atoms with van der Waals surface area (Å²) in [6, 6.07) is 21.2. The normalized spacial score (nSPS) is 17.0. The number of aromatic amines is 1. The van der Waals surface area contributed by atoms with Crippen LogP contribution < -0.4 is 15.8 Å². The quantitative estimate of drug-likeness (QED) is 0.182. The molecule has 4 aromatic rings. The van der Waals surface area contributed by atoms with Gasteiger partial charge < -0.3 is 24.7 Å². The lowest BCUT2D eigenvalue weighted by Crippen LogP contribution is -2.41. The van der Waals surface area contributed by atoms with E-state index in [1.165, 1.54) is 25.1 Å². The number of H-pyrrole nitrogens is 1. The number of aryl methyl sites for hydroxylation is 1. The molecule has 0 radical (unpaired) electrons. The lowest BCUT2D eigenvalue weighted by Gasteiger charge is -2.35. The van der Waals surface area contributed by atoms with Crippen molar-refractivity contribution in [2.24, 2.45) is 0 Å². The summed E-state index contributed by atoms with van der Waals surface area (Å²) >= 11 is 3.60. The zero-order valence-corrected chi connectivity index (χ0v) is 24.9. The minimum Gasteiger partial charge on any atom is -0.385 e. The van der Waals surface area contributed by atoms with Crippen LogP contribution in [0.25, 0.3) is 0 Å². The first-order chi connectivity index (χ1) is 20.1. The molecule has 2 aromatic heterocycles. The van der Waals surface area contributed by atoms with E-state index < -0.39 is 0 Å². The molecule has 1 fully saturated rings. The number of hydrogen-bond donors (Lipinski definition) is 2. The molecule has 7 nitrogen and oxygen atoms in total. The maximum Gasteiger partial charge on any atom is 0.271 e. The summed E-state index contributed by atoms with van der Waals surface area (Å²) in [6.07, 6.45) is 5.38. The molecule has 9 heteroatoms. The molecule has 41 heavy (non-hydrogen) atoms. The van der Waals surface area contributed by atoms with Crippen LogP contribution in [-0.4, -0.2) is 43.4 Å². The molecule has 2 N–H and O–H groups in total. The molecule has 2 aromatic carbocycles. The Morgan fingerprint density at radius 2 is 2.05 bits per heavy atom. The minimum atomic E-state index is -0.108. The van der Waals surface area contributed by atoms with Gasteiger partial charge in [-0.25, -0.2) is 0 Å². The number of methoxy groups -OCH3 is 1. The van der Waals surface area contributed by atoms with Gasteiger partial charge in [-0.1, -0.05) is 41.7 Å². The summed E-state index contributed by atoms with van der Waals surface area (Å²) in [4.78, 5) is 27.0. The molecular weight excluding hydrogens is 553 g/mol. The van der Waals surface area contributed by atoms with Crippen LogP contribution in [0, 0.1) is 6.92 Å². The van der Waals surface area contributed by atoms with Crippen molar-refractivity contribution in [1.29, 1.82) is 0 Å². The van der Waals surface area contributed by atoms with Crippen LogP contribution >= 0.6 is 23.5 Å². The summed E-state index contributed by atoms with van der Waals surface area (Å²) in [5.41, 5.74) is 5.09. The zero-order chi connectivity index (χ0) is 28.2. The summed E-state index contributed by atoms with van der Waals surface area (Å²) in [7, 11) is 1.74. The summed E-state index contributed by atoms with van der Waals surface area (Å²) < 4.78 is 11.6. The van der Waals surface area contributed by atoms with Gasteiger partial charge in [0.15, 0.2) is 0 Å². The molecule has 2 atom stereocenters. The second-order valence-electron chi connectivity index (χ2n) is 10.3. The van der Waals surface area contributed by atoms with Crippen molar-refractivity contribution in [3.05, 3.63) is 100 Å². The summed E-state index contributed by atoms with van der Waals surface area (Å²) in [5, 5.41) is 3.74. The van der Waals surface area contributed by atoms with Crippen molar-refractivity contribution in [3.8, 4) is 0 Å². The number of hydrogen-bond acceptors (Lipinski definition) is 8. The van der Waals surface area contributed by atoms with Gasteiger partial charge in [-0.05, 0) is 73.4 Å². The summed E-state index contributed by atoms with van der Waals surface area (Å²) in [5.74, 6) is 0. The van der Waals surface area contributed by atoms with Crippen LogP contribution in [-0.2, 0) is 9.47 Å². The molecular formula is C32H34N4O3S2. The molecule has 4 heterocycles. The van der Waals surface area contributed by atoms with Crippen LogP contribution in [0.1, 0.15) is 41.8 Å². The molecule has 0 spiro atoms. The number of morpholine rings is 1. The number of nitrogens with zero attached hydrogens (tertiary/aromatic N) is 2. The van der Waals surface area contributed by atoms with Crippen LogP contribution in [0.3, 0.4) is 0 Å². The fourth-order valence-electron chi connectivity index (χ4n) is 5.30. The Kier molecular flexibility index (Phi) is 8.67. The van der Waals surface area contributed by atoms with E-state index in [4.69, 9.17) is 14.5 Å². The predicted octanol–water partition coefficient (Wildman–Crippen LogP) is 6.85. The molecule has 212 valence electrons. The average molecular weight is 587 g/mol. The number of nitrogens with one attached hydrogen (secondary N) is 2. The first-order valence-electron chi connectivity index (χ1n) is 13.9. The van der Waals surface area contributed by atoms with E-state index in [0.717, 1.165) is 36.4 Å². The van der Waals surface area contributed by atoms with Crippen molar-refractivity contribution in [2.45, 2.75) is 51.5 Å². The molecule has 0 bridgehead atoms. The highest BCUT2D eigenvalue weighted by molar-refractivity contribution is 8.05. The molecule has 2 aliphatic heterocycles. The van der Waals surface area contributed by atoms with Crippen LogP contribution in [0.4, 0.5) is 11.4 Å². The highest BCUT2D eigenvalue weighted by atomic mass is 32.2.